The van der Waals surface area contributed by atoms with Gasteiger partial charge in [-0.1, -0.05) is 6.92 Å². The molecule has 66 valence electrons. The summed E-state index contributed by atoms with van der Waals surface area (Å²) >= 11 is 0. The van der Waals surface area contributed by atoms with Crippen molar-refractivity contribution in [2.75, 3.05) is 19.8 Å². The van der Waals surface area contributed by atoms with Gasteiger partial charge in [0.2, 0.25) is 0 Å². The zero-order valence-corrected chi connectivity index (χ0v) is 7.08. The molecule has 1 aliphatic rings. The van der Waals surface area contributed by atoms with Crippen molar-refractivity contribution < 1.29 is 9.47 Å². The first-order valence-corrected chi connectivity index (χ1v) is 4.26. The highest BCUT2D eigenvalue weighted by Crippen LogP contribution is 2.16. The van der Waals surface area contributed by atoms with Gasteiger partial charge >= 0.3 is 0 Å². The SMILES string of the molecule is CC(CCN)CC1OCCO1. The summed E-state index contributed by atoms with van der Waals surface area (Å²) < 4.78 is 10.6. The summed E-state index contributed by atoms with van der Waals surface area (Å²) in [6.45, 7) is 4.44. The summed E-state index contributed by atoms with van der Waals surface area (Å²) in [6.07, 6.45) is 2.08. The molecule has 1 unspecified atom stereocenters. The average Bonchev–Trinajstić information content (AvgIpc) is 2.40. The van der Waals surface area contributed by atoms with Crippen LogP contribution in [0.15, 0.2) is 0 Å². The quantitative estimate of drug-likeness (QED) is 0.657. The third-order valence-corrected chi connectivity index (χ3v) is 1.95. The fraction of sp³-hybridized carbons (Fsp3) is 1.00. The first-order chi connectivity index (χ1) is 5.33. The number of ether oxygens (including phenoxy) is 2. The summed E-state index contributed by atoms with van der Waals surface area (Å²) in [7, 11) is 0. The Morgan fingerprint density at radius 1 is 1.45 bits per heavy atom. The molecule has 0 saturated carbocycles. The fourth-order valence-corrected chi connectivity index (χ4v) is 1.27. The predicted octanol–water partition coefficient (Wildman–Crippen LogP) is 0.734. The standard InChI is InChI=1S/C8H17NO2/c1-7(2-3-9)6-8-10-4-5-11-8/h7-8H,2-6,9H2,1H3. The molecule has 1 rings (SSSR count). The molecule has 3 nitrogen and oxygen atoms in total. The molecular weight excluding hydrogens is 142 g/mol. The van der Waals surface area contributed by atoms with Gasteiger partial charge in [-0.25, -0.2) is 0 Å². The van der Waals surface area contributed by atoms with Crippen LogP contribution in [-0.4, -0.2) is 26.0 Å². The second-order valence-electron chi connectivity index (χ2n) is 3.09. The zero-order valence-electron chi connectivity index (χ0n) is 7.08. The Labute approximate surface area is 67.9 Å². The molecule has 1 fully saturated rings. The van der Waals surface area contributed by atoms with Crippen LogP contribution in [0.3, 0.4) is 0 Å². The van der Waals surface area contributed by atoms with Gasteiger partial charge in [-0.15, -0.1) is 0 Å². The number of rotatable bonds is 4. The van der Waals surface area contributed by atoms with Crippen LogP contribution >= 0.6 is 0 Å². The second kappa shape index (κ2) is 4.70. The van der Waals surface area contributed by atoms with E-state index in [2.05, 4.69) is 6.92 Å². The Balaban J connectivity index is 2.08. The summed E-state index contributed by atoms with van der Waals surface area (Å²) in [5.41, 5.74) is 5.42. The van der Waals surface area contributed by atoms with Crippen LogP contribution in [0.1, 0.15) is 19.8 Å². The van der Waals surface area contributed by atoms with Crippen molar-refractivity contribution in [3.63, 3.8) is 0 Å². The molecular formula is C8H17NO2. The van der Waals surface area contributed by atoms with Gasteiger partial charge in [-0.2, -0.15) is 0 Å². The Hall–Kier alpha value is -0.120. The number of hydrogen-bond donors (Lipinski definition) is 1. The van der Waals surface area contributed by atoms with E-state index in [4.69, 9.17) is 15.2 Å². The average molecular weight is 159 g/mol. The van der Waals surface area contributed by atoms with Crippen LogP contribution in [-0.2, 0) is 9.47 Å². The molecule has 1 heterocycles. The minimum Gasteiger partial charge on any atom is -0.350 e. The van der Waals surface area contributed by atoms with Crippen molar-refractivity contribution in [3.05, 3.63) is 0 Å². The molecule has 2 N–H and O–H groups in total. The third-order valence-electron chi connectivity index (χ3n) is 1.95. The van der Waals surface area contributed by atoms with E-state index in [-0.39, 0.29) is 6.29 Å². The maximum absolute atomic E-state index is 5.42. The van der Waals surface area contributed by atoms with E-state index in [0.717, 1.165) is 32.6 Å². The van der Waals surface area contributed by atoms with Crippen molar-refractivity contribution in [3.8, 4) is 0 Å². The molecule has 0 aromatic heterocycles. The number of hydrogen-bond acceptors (Lipinski definition) is 3. The van der Waals surface area contributed by atoms with Gasteiger partial charge < -0.3 is 15.2 Å². The molecule has 3 heteroatoms. The molecule has 1 aliphatic heterocycles. The molecule has 1 atom stereocenters. The summed E-state index contributed by atoms with van der Waals surface area (Å²) in [6, 6.07) is 0. The van der Waals surface area contributed by atoms with E-state index < -0.39 is 0 Å². The predicted molar refractivity (Wildman–Crippen MR) is 43.1 cm³/mol. The second-order valence-corrected chi connectivity index (χ2v) is 3.09. The first kappa shape index (κ1) is 8.97. The van der Waals surface area contributed by atoms with Gasteiger partial charge in [-0.3, -0.25) is 0 Å². The van der Waals surface area contributed by atoms with Gasteiger partial charge in [0, 0.05) is 6.42 Å². The zero-order chi connectivity index (χ0) is 8.10. The van der Waals surface area contributed by atoms with Gasteiger partial charge in [0.1, 0.15) is 0 Å². The maximum Gasteiger partial charge on any atom is 0.158 e. The minimum atomic E-state index is 0.0385. The summed E-state index contributed by atoms with van der Waals surface area (Å²) in [5, 5.41) is 0. The Morgan fingerprint density at radius 3 is 2.64 bits per heavy atom. The van der Waals surface area contributed by atoms with Crippen LogP contribution in [0.25, 0.3) is 0 Å². The van der Waals surface area contributed by atoms with E-state index in [1.54, 1.807) is 0 Å². The van der Waals surface area contributed by atoms with Crippen molar-refractivity contribution >= 4 is 0 Å². The van der Waals surface area contributed by atoms with Crippen LogP contribution < -0.4 is 5.73 Å². The molecule has 0 aromatic rings. The topological polar surface area (TPSA) is 44.5 Å². The van der Waals surface area contributed by atoms with Gasteiger partial charge in [0.25, 0.3) is 0 Å². The highest BCUT2D eigenvalue weighted by atomic mass is 16.7. The Bertz CT molecular complexity index is 102. The monoisotopic (exact) mass is 159 g/mol. The molecule has 11 heavy (non-hydrogen) atoms. The van der Waals surface area contributed by atoms with Crippen molar-refractivity contribution in [2.24, 2.45) is 11.7 Å². The lowest BCUT2D eigenvalue weighted by Gasteiger charge is -2.14. The molecule has 0 spiro atoms. The normalized spacial score (nSPS) is 22.4. The molecule has 0 bridgehead atoms. The lowest BCUT2D eigenvalue weighted by atomic mass is 10.0. The Morgan fingerprint density at radius 2 is 2.09 bits per heavy atom. The van der Waals surface area contributed by atoms with E-state index in [9.17, 15) is 0 Å². The number of nitrogens with two attached hydrogens (primary N) is 1. The summed E-state index contributed by atoms with van der Waals surface area (Å²) in [4.78, 5) is 0. The van der Waals surface area contributed by atoms with Gasteiger partial charge in [-0.05, 0) is 18.9 Å². The molecule has 0 radical (unpaired) electrons. The van der Waals surface area contributed by atoms with E-state index in [0.29, 0.717) is 5.92 Å². The highest BCUT2D eigenvalue weighted by Gasteiger charge is 2.18. The van der Waals surface area contributed by atoms with Gasteiger partial charge in [0.15, 0.2) is 6.29 Å². The lowest BCUT2D eigenvalue weighted by Crippen LogP contribution is -2.15. The van der Waals surface area contributed by atoms with E-state index in [1.165, 1.54) is 0 Å². The lowest BCUT2D eigenvalue weighted by molar-refractivity contribution is -0.0558. The fourth-order valence-electron chi connectivity index (χ4n) is 1.27. The van der Waals surface area contributed by atoms with E-state index >= 15 is 0 Å². The molecule has 0 aliphatic carbocycles. The van der Waals surface area contributed by atoms with Crippen molar-refractivity contribution in [1.82, 2.24) is 0 Å². The van der Waals surface area contributed by atoms with Crippen LogP contribution in [0.4, 0.5) is 0 Å². The minimum absolute atomic E-state index is 0.0385. The smallest absolute Gasteiger partial charge is 0.158 e. The van der Waals surface area contributed by atoms with E-state index in [1.807, 2.05) is 0 Å². The third kappa shape index (κ3) is 3.18. The molecule has 0 amide bonds. The van der Waals surface area contributed by atoms with Crippen LogP contribution in [0.5, 0.6) is 0 Å². The largest absolute Gasteiger partial charge is 0.350 e. The van der Waals surface area contributed by atoms with Gasteiger partial charge in [0.05, 0.1) is 13.2 Å². The van der Waals surface area contributed by atoms with Crippen LogP contribution in [0, 0.1) is 5.92 Å². The highest BCUT2D eigenvalue weighted by molar-refractivity contribution is 4.59. The van der Waals surface area contributed by atoms with Crippen molar-refractivity contribution in [2.45, 2.75) is 26.1 Å². The first-order valence-electron chi connectivity index (χ1n) is 4.26. The molecule has 0 aromatic carbocycles. The Kier molecular flexibility index (Phi) is 3.83. The van der Waals surface area contributed by atoms with Crippen molar-refractivity contribution in [1.29, 1.82) is 0 Å². The molecule has 1 saturated heterocycles. The van der Waals surface area contributed by atoms with Crippen LogP contribution in [0.2, 0.25) is 0 Å². The summed E-state index contributed by atoms with van der Waals surface area (Å²) in [5.74, 6) is 0.614. The maximum atomic E-state index is 5.42.